The number of nitrogens with two attached hydrogens (primary N) is 1. The maximum atomic E-state index is 12.9. The molecular weight excluding hydrogens is 444 g/mol. The average molecular weight is 462 g/mol. The zero-order chi connectivity index (χ0) is 24.1. The summed E-state index contributed by atoms with van der Waals surface area (Å²) < 4.78 is 11.3. The summed E-state index contributed by atoms with van der Waals surface area (Å²) in [6, 6.07) is 13.1. The number of carbonyl (C=O) groups is 2. The van der Waals surface area contributed by atoms with Crippen LogP contribution in [0.2, 0.25) is 0 Å². The fourth-order valence-electron chi connectivity index (χ4n) is 3.07. The Kier molecular flexibility index (Phi) is 6.25. The van der Waals surface area contributed by atoms with Crippen LogP contribution in [0.3, 0.4) is 0 Å². The lowest BCUT2D eigenvalue weighted by Gasteiger charge is -2.07. The second kappa shape index (κ2) is 9.60. The first-order chi connectivity index (χ1) is 16.5. The van der Waals surface area contributed by atoms with Gasteiger partial charge in [-0.1, -0.05) is 23.4 Å². The molecule has 2 aromatic heterocycles. The highest BCUT2D eigenvalue weighted by molar-refractivity contribution is 6.00. The lowest BCUT2D eigenvalue weighted by molar-refractivity contribution is 0.0696. The molecule has 0 bridgehead atoms. The van der Waals surface area contributed by atoms with Gasteiger partial charge in [0, 0.05) is 11.1 Å². The van der Waals surface area contributed by atoms with Gasteiger partial charge in [-0.05, 0) is 47.6 Å². The SMILES string of the molecule is CCOc1ccc(-c2c(C(=O)NN=Cc3ccccc3C(=O)O)nnn2-c2nonc2N)cc1. The van der Waals surface area contributed by atoms with Gasteiger partial charge in [0.2, 0.25) is 11.6 Å². The molecule has 0 aliphatic rings. The van der Waals surface area contributed by atoms with Crippen LogP contribution in [0.15, 0.2) is 58.3 Å². The Bertz CT molecular complexity index is 1360. The number of ether oxygens (including phenoxy) is 1. The zero-order valence-corrected chi connectivity index (χ0v) is 17.7. The number of amides is 1. The van der Waals surface area contributed by atoms with E-state index in [4.69, 9.17) is 10.5 Å². The Hall–Kier alpha value is -5.07. The van der Waals surface area contributed by atoms with Crippen LogP contribution in [0.1, 0.15) is 33.3 Å². The summed E-state index contributed by atoms with van der Waals surface area (Å²) in [5.74, 6) is -1.18. The Balaban J connectivity index is 1.68. The van der Waals surface area contributed by atoms with Crippen LogP contribution in [-0.4, -0.2) is 55.1 Å². The number of hydrogen-bond donors (Lipinski definition) is 3. The number of carbonyl (C=O) groups excluding carboxylic acids is 1. The molecule has 0 saturated heterocycles. The molecule has 0 aliphatic carbocycles. The van der Waals surface area contributed by atoms with Crippen molar-refractivity contribution in [3.63, 3.8) is 0 Å². The molecule has 1 amide bonds. The van der Waals surface area contributed by atoms with Gasteiger partial charge in [0.1, 0.15) is 11.4 Å². The maximum Gasteiger partial charge on any atom is 0.336 e. The molecule has 2 aromatic carbocycles. The van der Waals surface area contributed by atoms with E-state index in [0.29, 0.717) is 23.5 Å². The molecule has 0 spiro atoms. The van der Waals surface area contributed by atoms with Crippen LogP contribution in [0.5, 0.6) is 5.75 Å². The van der Waals surface area contributed by atoms with Crippen molar-refractivity contribution in [3.8, 4) is 22.8 Å². The van der Waals surface area contributed by atoms with Gasteiger partial charge in [-0.15, -0.1) is 5.10 Å². The van der Waals surface area contributed by atoms with E-state index < -0.39 is 11.9 Å². The monoisotopic (exact) mass is 462 g/mol. The van der Waals surface area contributed by atoms with Gasteiger partial charge in [-0.25, -0.2) is 14.8 Å². The third-order valence-electron chi connectivity index (χ3n) is 4.58. The van der Waals surface area contributed by atoms with E-state index >= 15 is 0 Å². The van der Waals surface area contributed by atoms with Crippen LogP contribution >= 0.6 is 0 Å². The molecule has 0 aliphatic heterocycles. The molecule has 172 valence electrons. The third-order valence-corrected chi connectivity index (χ3v) is 4.58. The van der Waals surface area contributed by atoms with Crippen molar-refractivity contribution in [2.24, 2.45) is 5.10 Å². The fourth-order valence-corrected chi connectivity index (χ4v) is 3.07. The molecule has 13 heteroatoms. The maximum absolute atomic E-state index is 12.9. The minimum absolute atomic E-state index is 0.0375. The number of aromatic carboxylic acids is 1. The second-order valence-corrected chi connectivity index (χ2v) is 6.72. The highest BCUT2D eigenvalue weighted by Crippen LogP contribution is 2.28. The number of carboxylic acids is 1. The topological polar surface area (TPSA) is 184 Å². The Labute approximate surface area is 191 Å². The van der Waals surface area contributed by atoms with E-state index in [1.165, 1.54) is 17.0 Å². The number of benzene rings is 2. The Morgan fingerprint density at radius 2 is 1.97 bits per heavy atom. The summed E-state index contributed by atoms with van der Waals surface area (Å²) in [6.45, 7) is 2.36. The van der Waals surface area contributed by atoms with Crippen molar-refractivity contribution in [3.05, 3.63) is 65.4 Å². The quantitative estimate of drug-likeness (QED) is 0.257. The number of nitrogens with one attached hydrogen (secondary N) is 1. The summed E-state index contributed by atoms with van der Waals surface area (Å²) in [5.41, 5.74) is 9.21. The van der Waals surface area contributed by atoms with Crippen LogP contribution in [0.4, 0.5) is 5.82 Å². The number of nitrogens with zero attached hydrogens (tertiary/aromatic N) is 6. The second-order valence-electron chi connectivity index (χ2n) is 6.72. The van der Waals surface area contributed by atoms with E-state index in [0.717, 1.165) is 0 Å². The molecule has 34 heavy (non-hydrogen) atoms. The summed E-state index contributed by atoms with van der Waals surface area (Å²) in [4.78, 5) is 24.3. The molecule has 0 radical (unpaired) electrons. The molecule has 13 nitrogen and oxygen atoms in total. The number of rotatable bonds is 8. The van der Waals surface area contributed by atoms with Crippen LogP contribution in [0, 0.1) is 0 Å². The standard InChI is InChI=1S/C21H18N8O5/c1-2-33-14-9-7-12(8-10-14)17-16(24-28-29(17)19-18(22)26-34-27-19)20(30)25-23-11-13-5-3-4-6-15(13)21(31)32/h3-11H,2H2,1H3,(H2,22,26)(H,25,30)(H,31,32). The van der Waals surface area contributed by atoms with Gasteiger partial charge < -0.3 is 15.6 Å². The predicted molar refractivity (Wildman–Crippen MR) is 119 cm³/mol. The minimum Gasteiger partial charge on any atom is -0.494 e. The molecule has 0 saturated carbocycles. The lowest BCUT2D eigenvalue weighted by atomic mass is 10.1. The van der Waals surface area contributed by atoms with E-state index in [9.17, 15) is 14.7 Å². The average Bonchev–Trinajstić information content (AvgIpc) is 3.46. The van der Waals surface area contributed by atoms with Gasteiger partial charge >= 0.3 is 5.97 Å². The highest BCUT2D eigenvalue weighted by atomic mass is 16.6. The predicted octanol–water partition coefficient (Wildman–Crippen LogP) is 1.76. The van der Waals surface area contributed by atoms with Crippen molar-refractivity contribution < 1.29 is 24.1 Å². The molecule has 0 fully saturated rings. The normalized spacial score (nSPS) is 11.0. The van der Waals surface area contributed by atoms with E-state index in [1.54, 1.807) is 42.5 Å². The van der Waals surface area contributed by atoms with Gasteiger partial charge in [0.25, 0.3) is 5.91 Å². The van der Waals surface area contributed by atoms with Gasteiger partial charge in [-0.2, -0.15) is 9.78 Å². The largest absolute Gasteiger partial charge is 0.494 e. The number of hydrogen-bond acceptors (Lipinski definition) is 10. The summed E-state index contributed by atoms with van der Waals surface area (Å²) in [6.07, 6.45) is 1.22. The lowest BCUT2D eigenvalue weighted by Crippen LogP contribution is -2.19. The van der Waals surface area contributed by atoms with Crippen molar-refractivity contribution in [1.82, 2.24) is 30.7 Å². The summed E-state index contributed by atoms with van der Waals surface area (Å²) >= 11 is 0. The molecule has 4 rings (SSSR count). The first kappa shape index (κ1) is 22.1. The van der Waals surface area contributed by atoms with Crippen molar-refractivity contribution in [2.75, 3.05) is 12.3 Å². The minimum atomic E-state index is -1.12. The van der Waals surface area contributed by atoms with Crippen molar-refractivity contribution in [1.29, 1.82) is 0 Å². The number of carboxylic acid groups (broad SMARTS) is 1. The van der Waals surface area contributed by atoms with E-state index in [-0.39, 0.29) is 28.6 Å². The molecule has 4 N–H and O–H groups in total. The molecule has 4 aromatic rings. The number of nitrogen functional groups attached to an aromatic ring is 1. The van der Waals surface area contributed by atoms with Crippen LogP contribution in [-0.2, 0) is 0 Å². The van der Waals surface area contributed by atoms with E-state index in [1.807, 2.05) is 6.92 Å². The first-order valence-corrected chi connectivity index (χ1v) is 9.92. The van der Waals surface area contributed by atoms with Gasteiger partial charge in [0.15, 0.2) is 5.69 Å². The Morgan fingerprint density at radius 1 is 1.21 bits per heavy atom. The van der Waals surface area contributed by atoms with E-state index in [2.05, 4.69) is 35.8 Å². The van der Waals surface area contributed by atoms with Crippen molar-refractivity contribution >= 4 is 23.9 Å². The highest BCUT2D eigenvalue weighted by Gasteiger charge is 2.25. The number of hydrazone groups is 1. The zero-order valence-electron chi connectivity index (χ0n) is 17.7. The molecule has 2 heterocycles. The molecular formula is C21H18N8O5. The van der Waals surface area contributed by atoms with Crippen LogP contribution < -0.4 is 15.9 Å². The summed E-state index contributed by atoms with van der Waals surface area (Å²) in [5, 5.41) is 28.3. The van der Waals surface area contributed by atoms with Gasteiger partial charge in [-0.3, -0.25) is 4.79 Å². The van der Waals surface area contributed by atoms with Crippen molar-refractivity contribution in [2.45, 2.75) is 6.92 Å². The van der Waals surface area contributed by atoms with Gasteiger partial charge in [0.05, 0.1) is 18.4 Å². The third kappa shape index (κ3) is 4.43. The smallest absolute Gasteiger partial charge is 0.336 e. The number of aromatic nitrogens is 5. The van der Waals surface area contributed by atoms with Crippen LogP contribution in [0.25, 0.3) is 17.1 Å². The number of anilines is 1. The summed E-state index contributed by atoms with van der Waals surface area (Å²) in [7, 11) is 0. The molecule has 0 unspecified atom stereocenters. The molecule has 0 atom stereocenters. The Morgan fingerprint density at radius 3 is 2.65 bits per heavy atom. The first-order valence-electron chi connectivity index (χ1n) is 9.92. The fraction of sp³-hybridized carbons (Fsp3) is 0.0952.